The van der Waals surface area contributed by atoms with Gasteiger partial charge >= 0.3 is 0 Å². The zero-order valence-electron chi connectivity index (χ0n) is 9.29. The van der Waals surface area contributed by atoms with Crippen molar-refractivity contribution in [1.82, 2.24) is 5.43 Å². The third kappa shape index (κ3) is 3.56. The highest BCUT2D eigenvalue weighted by Gasteiger charge is 2.15. The van der Waals surface area contributed by atoms with E-state index in [0.29, 0.717) is 0 Å². The molecule has 0 bridgehead atoms. The molecule has 1 heterocycles. The molecule has 3 N–H and O–H groups in total. The zero-order valence-corrected chi connectivity index (χ0v) is 14.0. The average Bonchev–Trinajstić information content (AvgIpc) is 2.75. The second kappa shape index (κ2) is 6.50. The Balaban J connectivity index is 2.25. The Kier molecular flexibility index (Phi) is 5.24. The summed E-state index contributed by atoms with van der Waals surface area (Å²) in [5.41, 5.74) is 3.98. The highest BCUT2D eigenvalue weighted by molar-refractivity contribution is 9.11. The molecule has 1 aromatic carbocycles. The second-order valence-corrected chi connectivity index (χ2v) is 7.36. The first-order chi connectivity index (χ1) is 8.60. The Morgan fingerprint density at radius 3 is 2.67 bits per heavy atom. The van der Waals surface area contributed by atoms with Crippen LogP contribution in [0.1, 0.15) is 16.5 Å². The third-order valence-electron chi connectivity index (χ3n) is 2.57. The predicted molar refractivity (Wildman–Crippen MR) is 84.9 cm³/mol. The van der Waals surface area contributed by atoms with Crippen molar-refractivity contribution >= 4 is 54.8 Å². The Morgan fingerprint density at radius 2 is 2.06 bits per heavy atom. The van der Waals surface area contributed by atoms with Crippen molar-refractivity contribution in [3.8, 4) is 0 Å². The summed E-state index contributed by atoms with van der Waals surface area (Å²) < 4.78 is 2.87. The molecule has 1 aromatic heterocycles. The maximum atomic E-state index is 5.94. The van der Waals surface area contributed by atoms with E-state index in [-0.39, 0.29) is 6.04 Å². The zero-order chi connectivity index (χ0) is 13.1. The number of rotatable bonds is 4. The molecule has 0 saturated heterocycles. The van der Waals surface area contributed by atoms with Gasteiger partial charge < -0.3 is 0 Å². The lowest BCUT2D eigenvalue weighted by atomic mass is 10.0. The van der Waals surface area contributed by atoms with E-state index in [9.17, 15) is 0 Å². The molecule has 0 saturated carbocycles. The van der Waals surface area contributed by atoms with Crippen molar-refractivity contribution in [3.63, 3.8) is 0 Å². The van der Waals surface area contributed by atoms with E-state index in [4.69, 9.17) is 17.4 Å². The minimum atomic E-state index is 0.0478. The Labute approximate surface area is 132 Å². The molecule has 2 rings (SSSR count). The second-order valence-electron chi connectivity index (χ2n) is 3.80. The Hall–Kier alpha value is 0.0900. The lowest BCUT2D eigenvalue weighted by molar-refractivity contribution is 0.553. The predicted octanol–water partition coefficient (Wildman–Crippen LogP) is 4.67. The van der Waals surface area contributed by atoms with Crippen molar-refractivity contribution in [2.24, 2.45) is 5.84 Å². The summed E-state index contributed by atoms with van der Waals surface area (Å²) in [6.07, 6.45) is 0.808. The number of thiophene rings is 1. The minimum absolute atomic E-state index is 0.0478. The normalized spacial score (nSPS) is 12.7. The summed E-state index contributed by atoms with van der Waals surface area (Å²) in [7, 11) is 0. The van der Waals surface area contributed by atoms with Crippen LogP contribution in [0.2, 0.25) is 4.34 Å². The van der Waals surface area contributed by atoms with E-state index in [1.807, 2.05) is 24.3 Å². The van der Waals surface area contributed by atoms with Gasteiger partial charge in [-0.3, -0.25) is 11.3 Å². The summed E-state index contributed by atoms with van der Waals surface area (Å²) in [4.78, 5) is 1.20. The molecule has 2 aromatic rings. The maximum absolute atomic E-state index is 5.94. The first-order valence-electron chi connectivity index (χ1n) is 5.25. The third-order valence-corrected chi connectivity index (χ3v) is 5.04. The highest BCUT2D eigenvalue weighted by atomic mass is 79.9. The quantitative estimate of drug-likeness (QED) is 0.568. The van der Waals surface area contributed by atoms with E-state index in [1.165, 1.54) is 4.88 Å². The van der Waals surface area contributed by atoms with Crippen LogP contribution in [-0.2, 0) is 6.42 Å². The number of nitrogens with two attached hydrogens (primary N) is 1. The molecule has 0 radical (unpaired) electrons. The largest absolute Gasteiger partial charge is 0.271 e. The molecule has 0 aliphatic heterocycles. The number of halogens is 3. The molecule has 6 heteroatoms. The van der Waals surface area contributed by atoms with Crippen LogP contribution in [0, 0.1) is 0 Å². The van der Waals surface area contributed by atoms with Crippen molar-refractivity contribution in [2.75, 3.05) is 0 Å². The number of benzene rings is 1. The summed E-state index contributed by atoms with van der Waals surface area (Å²) in [5, 5.41) is 0. The fourth-order valence-electron chi connectivity index (χ4n) is 1.70. The van der Waals surface area contributed by atoms with Gasteiger partial charge in [0.05, 0.1) is 10.4 Å². The molecule has 96 valence electrons. The summed E-state index contributed by atoms with van der Waals surface area (Å²) in [6.45, 7) is 0. The minimum Gasteiger partial charge on any atom is -0.271 e. The average molecular weight is 411 g/mol. The molecule has 1 unspecified atom stereocenters. The molecule has 1 atom stereocenters. The molecule has 0 amide bonds. The van der Waals surface area contributed by atoms with Gasteiger partial charge in [0.15, 0.2) is 0 Å². The molecule has 18 heavy (non-hydrogen) atoms. The summed E-state index contributed by atoms with van der Waals surface area (Å²) >= 11 is 14.5. The Bertz CT molecular complexity index is 545. The van der Waals surface area contributed by atoms with Crippen LogP contribution in [0.25, 0.3) is 0 Å². The van der Waals surface area contributed by atoms with Gasteiger partial charge in [-0.25, -0.2) is 0 Å². The molecular formula is C12H11Br2ClN2S. The number of nitrogens with one attached hydrogen (secondary N) is 1. The van der Waals surface area contributed by atoms with Crippen LogP contribution >= 0.6 is 54.8 Å². The van der Waals surface area contributed by atoms with Gasteiger partial charge in [0.25, 0.3) is 0 Å². The SMILES string of the molecule is NNC(Cc1ccc(Cl)s1)c1cc(Br)ccc1Br. The molecule has 0 aliphatic carbocycles. The van der Waals surface area contributed by atoms with Gasteiger partial charge in [-0.15, -0.1) is 11.3 Å². The van der Waals surface area contributed by atoms with E-state index in [0.717, 1.165) is 25.3 Å². The number of hydrogen-bond acceptors (Lipinski definition) is 3. The van der Waals surface area contributed by atoms with E-state index in [2.05, 4.69) is 43.4 Å². The highest BCUT2D eigenvalue weighted by Crippen LogP contribution is 2.31. The van der Waals surface area contributed by atoms with Gasteiger partial charge in [0.1, 0.15) is 0 Å². The van der Waals surface area contributed by atoms with Gasteiger partial charge in [0.2, 0.25) is 0 Å². The Morgan fingerprint density at radius 1 is 1.28 bits per heavy atom. The van der Waals surface area contributed by atoms with Gasteiger partial charge in [-0.05, 0) is 35.9 Å². The topological polar surface area (TPSA) is 38.0 Å². The van der Waals surface area contributed by atoms with E-state index < -0.39 is 0 Å². The standard InChI is InChI=1S/C12H11Br2ClN2S/c13-7-1-3-10(14)9(5-7)11(17-16)6-8-2-4-12(15)18-8/h1-5,11,17H,6,16H2. The molecular weight excluding hydrogens is 399 g/mol. The van der Waals surface area contributed by atoms with Gasteiger partial charge in [-0.1, -0.05) is 43.5 Å². The van der Waals surface area contributed by atoms with Crippen LogP contribution in [0.3, 0.4) is 0 Å². The summed E-state index contributed by atoms with van der Waals surface area (Å²) in [5.74, 6) is 5.66. The molecule has 2 nitrogen and oxygen atoms in total. The lowest BCUT2D eigenvalue weighted by Gasteiger charge is -2.17. The van der Waals surface area contributed by atoms with Crippen molar-refractivity contribution < 1.29 is 0 Å². The summed E-state index contributed by atoms with van der Waals surface area (Å²) in [6, 6.07) is 10.0. The first kappa shape index (κ1) is 14.5. The number of hydrazine groups is 1. The van der Waals surface area contributed by atoms with Crippen LogP contribution in [-0.4, -0.2) is 0 Å². The van der Waals surface area contributed by atoms with E-state index in [1.54, 1.807) is 11.3 Å². The van der Waals surface area contributed by atoms with Gasteiger partial charge in [-0.2, -0.15) is 0 Å². The van der Waals surface area contributed by atoms with Crippen molar-refractivity contribution in [2.45, 2.75) is 12.5 Å². The fourth-order valence-corrected chi connectivity index (χ4v) is 3.74. The molecule has 0 spiro atoms. The fraction of sp³-hybridized carbons (Fsp3) is 0.167. The lowest BCUT2D eigenvalue weighted by Crippen LogP contribution is -2.29. The van der Waals surface area contributed by atoms with Crippen LogP contribution in [0.15, 0.2) is 39.3 Å². The molecule has 0 aliphatic rings. The monoisotopic (exact) mass is 408 g/mol. The molecule has 0 fully saturated rings. The van der Waals surface area contributed by atoms with Crippen molar-refractivity contribution in [1.29, 1.82) is 0 Å². The van der Waals surface area contributed by atoms with Crippen LogP contribution in [0.4, 0.5) is 0 Å². The van der Waals surface area contributed by atoms with Crippen LogP contribution < -0.4 is 11.3 Å². The van der Waals surface area contributed by atoms with Crippen molar-refractivity contribution in [3.05, 3.63) is 54.1 Å². The number of hydrogen-bond donors (Lipinski definition) is 2. The maximum Gasteiger partial charge on any atom is 0.0931 e. The van der Waals surface area contributed by atoms with E-state index >= 15 is 0 Å². The van der Waals surface area contributed by atoms with Gasteiger partial charge in [0, 0.05) is 20.2 Å². The first-order valence-corrected chi connectivity index (χ1v) is 8.03. The smallest absolute Gasteiger partial charge is 0.0931 e. The van der Waals surface area contributed by atoms with Crippen LogP contribution in [0.5, 0.6) is 0 Å².